The Morgan fingerprint density at radius 3 is 2.44 bits per heavy atom. The van der Waals surface area contributed by atoms with Gasteiger partial charge in [-0.25, -0.2) is 0 Å². The lowest BCUT2D eigenvalue weighted by Gasteiger charge is -2.18. The minimum Gasteiger partial charge on any atom is -0.493 e. The number of carbonyl (C=O) groups excluding carboxylic acids is 1. The van der Waals surface area contributed by atoms with Crippen LogP contribution in [0.3, 0.4) is 0 Å². The zero-order chi connectivity index (χ0) is 18.1. The minimum absolute atomic E-state index is 0.123. The first-order chi connectivity index (χ1) is 12.1. The van der Waals surface area contributed by atoms with Crippen LogP contribution >= 0.6 is 11.6 Å². The van der Waals surface area contributed by atoms with Gasteiger partial charge in [0.05, 0.1) is 13.7 Å². The lowest BCUT2D eigenvalue weighted by atomic mass is 10.1. The second kappa shape index (κ2) is 9.94. The molecule has 0 fully saturated rings. The molecule has 2 aromatic rings. The van der Waals surface area contributed by atoms with Crippen molar-refractivity contribution in [2.45, 2.75) is 19.3 Å². The molecule has 0 heterocycles. The molecule has 0 aliphatic carbocycles. The molecule has 2 aromatic carbocycles. The van der Waals surface area contributed by atoms with E-state index in [4.69, 9.17) is 21.1 Å². The number of benzene rings is 2. The third-order valence-corrected chi connectivity index (χ3v) is 4.20. The number of hydrogen-bond donors (Lipinski definition) is 0. The first-order valence-corrected chi connectivity index (χ1v) is 8.72. The molecule has 0 N–H and O–H groups in total. The molecular weight excluding hydrogens is 338 g/mol. The molecule has 5 heteroatoms. The van der Waals surface area contributed by atoms with Gasteiger partial charge in [0.15, 0.2) is 11.5 Å². The van der Waals surface area contributed by atoms with Crippen LogP contribution in [0.1, 0.15) is 18.4 Å². The number of rotatable bonds is 9. The average Bonchev–Trinajstić information content (AvgIpc) is 2.63. The van der Waals surface area contributed by atoms with Crippen LogP contribution in [0.5, 0.6) is 11.5 Å². The second-order valence-electron chi connectivity index (χ2n) is 5.79. The predicted octanol–water partition coefficient (Wildman–Crippen LogP) is 4.21. The Bertz CT molecular complexity index is 673. The van der Waals surface area contributed by atoms with Gasteiger partial charge in [-0.3, -0.25) is 4.79 Å². The van der Waals surface area contributed by atoms with E-state index in [-0.39, 0.29) is 5.91 Å². The van der Waals surface area contributed by atoms with Crippen LogP contribution in [-0.2, 0) is 11.2 Å². The van der Waals surface area contributed by atoms with Crippen LogP contribution < -0.4 is 9.47 Å². The summed E-state index contributed by atoms with van der Waals surface area (Å²) in [6.07, 6.45) is 2.21. The van der Waals surface area contributed by atoms with Crippen molar-refractivity contribution in [1.29, 1.82) is 0 Å². The number of halogens is 1. The lowest BCUT2D eigenvalue weighted by Crippen LogP contribution is -2.30. The molecule has 0 aliphatic rings. The van der Waals surface area contributed by atoms with E-state index in [9.17, 15) is 4.79 Å². The Balaban J connectivity index is 1.68. The molecule has 0 bridgehead atoms. The molecule has 0 atom stereocenters. The summed E-state index contributed by atoms with van der Waals surface area (Å²) < 4.78 is 10.9. The van der Waals surface area contributed by atoms with Gasteiger partial charge in [-0.05, 0) is 42.7 Å². The fourth-order valence-electron chi connectivity index (χ4n) is 2.44. The van der Waals surface area contributed by atoms with Gasteiger partial charge in [-0.1, -0.05) is 35.9 Å². The zero-order valence-electron chi connectivity index (χ0n) is 14.7. The monoisotopic (exact) mass is 361 g/mol. The van der Waals surface area contributed by atoms with Crippen LogP contribution in [0.4, 0.5) is 0 Å². The molecule has 0 radical (unpaired) electrons. The smallest absolute Gasteiger partial charge is 0.222 e. The average molecular weight is 362 g/mol. The summed E-state index contributed by atoms with van der Waals surface area (Å²) in [4.78, 5) is 13.9. The van der Waals surface area contributed by atoms with E-state index in [1.54, 1.807) is 19.1 Å². The summed E-state index contributed by atoms with van der Waals surface area (Å²) in [7, 11) is 3.41. The first kappa shape index (κ1) is 19.1. The summed E-state index contributed by atoms with van der Waals surface area (Å²) >= 11 is 5.87. The number of carbonyl (C=O) groups is 1. The normalized spacial score (nSPS) is 10.4. The van der Waals surface area contributed by atoms with Crippen LogP contribution in [0.25, 0.3) is 0 Å². The molecular formula is C20H24ClNO3. The highest BCUT2D eigenvalue weighted by molar-refractivity contribution is 6.30. The highest BCUT2D eigenvalue weighted by Crippen LogP contribution is 2.25. The standard InChI is InChI=1S/C20H24ClNO3/c1-22(14-15-25-19-8-4-3-7-18(19)24-2)20(23)9-5-6-16-10-12-17(21)13-11-16/h3-4,7-8,10-13H,5-6,9,14-15H2,1-2H3. The van der Waals surface area contributed by atoms with Crippen molar-refractivity contribution in [3.8, 4) is 11.5 Å². The maximum Gasteiger partial charge on any atom is 0.222 e. The van der Waals surface area contributed by atoms with Crippen molar-refractivity contribution in [2.24, 2.45) is 0 Å². The minimum atomic E-state index is 0.123. The summed E-state index contributed by atoms with van der Waals surface area (Å²) in [5.74, 6) is 1.51. The van der Waals surface area contributed by atoms with Crippen molar-refractivity contribution in [1.82, 2.24) is 4.90 Å². The van der Waals surface area contributed by atoms with Crippen molar-refractivity contribution in [3.05, 3.63) is 59.1 Å². The number of para-hydroxylation sites is 2. The van der Waals surface area contributed by atoms with Gasteiger partial charge in [0.25, 0.3) is 0 Å². The Hall–Kier alpha value is -2.20. The Morgan fingerprint density at radius 2 is 1.76 bits per heavy atom. The number of hydrogen-bond acceptors (Lipinski definition) is 3. The predicted molar refractivity (Wildman–Crippen MR) is 101 cm³/mol. The van der Waals surface area contributed by atoms with Gasteiger partial charge in [0.1, 0.15) is 6.61 Å². The fraction of sp³-hybridized carbons (Fsp3) is 0.350. The molecule has 4 nitrogen and oxygen atoms in total. The summed E-state index contributed by atoms with van der Waals surface area (Å²) in [6, 6.07) is 15.2. The largest absolute Gasteiger partial charge is 0.493 e. The Morgan fingerprint density at radius 1 is 1.08 bits per heavy atom. The number of likely N-dealkylation sites (N-methyl/N-ethyl adjacent to an activating group) is 1. The quantitative estimate of drug-likeness (QED) is 0.671. The van der Waals surface area contributed by atoms with E-state index in [0.717, 1.165) is 17.9 Å². The second-order valence-corrected chi connectivity index (χ2v) is 6.23. The van der Waals surface area contributed by atoms with E-state index in [1.807, 2.05) is 48.5 Å². The molecule has 25 heavy (non-hydrogen) atoms. The van der Waals surface area contributed by atoms with E-state index < -0.39 is 0 Å². The third-order valence-electron chi connectivity index (χ3n) is 3.95. The summed E-state index contributed by atoms with van der Waals surface area (Å²) in [6.45, 7) is 0.970. The van der Waals surface area contributed by atoms with Crippen LogP contribution in [-0.4, -0.2) is 38.1 Å². The zero-order valence-corrected chi connectivity index (χ0v) is 15.5. The van der Waals surface area contributed by atoms with E-state index in [2.05, 4.69) is 0 Å². The van der Waals surface area contributed by atoms with Gasteiger partial charge < -0.3 is 14.4 Å². The molecule has 0 aliphatic heterocycles. The van der Waals surface area contributed by atoms with E-state index in [0.29, 0.717) is 31.1 Å². The van der Waals surface area contributed by atoms with Crippen molar-refractivity contribution >= 4 is 17.5 Å². The number of nitrogens with zero attached hydrogens (tertiary/aromatic N) is 1. The molecule has 0 spiro atoms. The Kier molecular flexibility index (Phi) is 7.61. The highest BCUT2D eigenvalue weighted by atomic mass is 35.5. The highest BCUT2D eigenvalue weighted by Gasteiger charge is 2.09. The van der Waals surface area contributed by atoms with Crippen molar-refractivity contribution < 1.29 is 14.3 Å². The molecule has 0 saturated heterocycles. The Labute approximate surface area is 154 Å². The fourth-order valence-corrected chi connectivity index (χ4v) is 2.57. The van der Waals surface area contributed by atoms with E-state index >= 15 is 0 Å². The van der Waals surface area contributed by atoms with Crippen molar-refractivity contribution in [3.63, 3.8) is 0 Å². The molecule has 1 amide bonds. The van der Waals surface area contributed by atoms with Gasteiger partial charge in [0.2, 0.25) is 5.91 Å². The molecule has 134 valence electrons. The van der Waals surface area contributed by atoms with Crippen LogP contribution in [0, 0.1) is 0 Å². The van der Waals surface area contributed by atoms with Gasteiger partial charge in [0, 0.05) is 18.5 Å². The SMILES string of the molecule is COc1ccccc1OCCN(C)C(=O)CCCc1ccc(Cl)cc1. The van der Waals surface area contributed by atoms with Crippen LogP contribution in [0.15, 0.2) is 48.5 Å². The van der Waals surface area contributed by atoms with Gasteiger partial charge >= 0.3 is 0 Å². The first-order valence-electron chi connectivity index (χ1n) is 8.34. The molecule has 0 aromatic heterocycles. The maximum atomic E-state index is 12.2. The van der Waals surface area contributed by atoms with Gasteiger partial charge in [-0.2, -0.15) is 0 Å². The maximum absolute atomic E-state index is 12.2. The number of amides is 1. The number of methoxy groups -OCH3 is 1. The molecule has 0 saturated carbocycles. The molecule has 2 rings (SSSR count). The third kappa shape index (κ3) is 6.31. The number of ether oxygens (including phenoxy) is 2. The van der Waals surface area contributed by atoms with E-state index in [1.165, 1.54) is 5.56 Å². The van der Waals surface area contributed by atoms with Crippen LogP contribution in [0.2, 0.25) is 5.02 Å². The summed E-state index contributed by atoms with van der Waals surface area (Å²) in [5, 5.41) is 0.731. The molecule has 0 unspecified atom stereocenters. The van der Waals surface area contributed by atoms with Gasteiger partial charge in [-0.15, -0.1) is 0 Å². The lowest BCUT2D eigenvalue weighted by molar-refractivity contribution is -0.130. The topological polar surface area (TPSA) is 38.8 Å². The van der Waals surface area contributed by atoms with Crippen molar-refractivity contribution in [2.75, 3.05) is 27.3 Å². The summed E-state index contributed by atoms with van der Waals surface area (Å²) in [5.41, 5.74) is 1.19. The number of aryl methyl sites for hydroxylation is 1.